The van der Waals surface area contributed by atoms with E-state index in [0.29, 0.717) is 47.2 Å². The Morgan fingerprint density at radius 2 is 1.95 bits per heavy atom. The van der Waals surface area contributed by atoms with Crippen molar-refractivity contribution in [3.63, 3.8) is 0 Å². The molecule has 1 saturated carbocycles. The lowest BCUT2D eigenvalue weighted by molar-refractivity contribution is 0.508. The number of fused-ring (bicyclic) bond motifs is 1. The molecule has 2 aromatic carbocycles. The molecular formula is C28H26FN7O2. The van der Waals surface area contributed by atoms with Crippen LogP contribution in [-0.2, 0) is 0 Å². The van der Waals surface area contributed by atoms with Crippen LogP contribution in [-0.4, -0.2) is 31.3 Å². The van der Waals surface area contributed by atoms with Crippen molar-refractivity contribution in [3.8, 4) is 17.1 Å². The summed E-state index contributed by atoms with van der Waals surface area (Å²) in [4.78, 5) is 22.2. The predicted molar refractivity (Wildman–Crippen MR) is 143 cm³/mol. The zero-order valence-electron chi connectivity index (χ0n) is 20.8. The van der Waals surface area contributed by atoms with Gasteiger partial charge in [-0.05, 0) is 48.9 Å². The molecule has 0 radical (unpaired) electrons. The molecule has 0 amide bonds. The maximum Gasteiger partial charge on any atom is 0.266 e. The second-order valence-electron chi connectivity index (χ2n) is 9.44. The Morgan fingerprint density at radius 1 is 1.13 bits per heavy atom. The number of hydrogen-bond acceptors (Lipinski definition) is 8. The number of nitrogens with two attached hydrogens (primary N) is 1. The number of nitrogens with zero attached hydrogens (tertiary/aromatic N) is 5. The van der Waals surface area contributed by atoms with E-state index in [1.165, 1.54) is 12.4 Å². The third-order valence-corrected chi connectivity index (χ3v) is 6.92. The van der Waals surface area contributed by atoms with Crippen LogP contribution in [0.4, 0.5) is 16.0 Å². The summed E-state index contributed by atoms with van der Waals surface area (Å²) in [7, 11) is 0. The first kappa shape index (κ1) is 23.8. The third kappa shape index (κ3) is 4.27. The molecule has 5 aromatic rings. The fraction of sp³-hybridized carbons (Fsp3) is 0.250. The maximum atomic E-state index is 14.8. The average molecular weight is 512 g/mol. The summed E-state index contributed by atoms with van der Waals surface area (Å²) < 4.78 is 22.2. The Morgan fingerprint density at radius 3 is 2.71 bits per heavy atom. The normalized spacial score (nSPS) is 14.1. The molecule has 0 spiro atoms. The Kier molecular flexibility index (Phi) is 6.07. The van der Waals surface area contributed by atoms with Gasteiger partial charge in [0.25, 0.3) is 11.4 Å². The van der Waals surface area contributed by atoms with Gasteiger partial charge in [0.2, 0.25) is 5.89 Å². The van der Waals surface area contributed by atoms with E-state index in [9.17, 15) is 9.18 Å². The molecule has 1 unspecified atom stereocenters. The number of para-hydroxylation sites is 1. The van der Waals surface area contributed by atoms with Gasteiger partial charge < -0.3 is 15.5 Å². The van der Waals surface area contributed by atoms with Crippen molar-refractivity contribution in [3.05, 3.63) is 88.7 Å². The summed E-state index contributed by atoms with van der Waals surface area (Å²) in [6.07, 6.45) is 4.14. The zero-order chi connectivity index (χ0) is 26.2. The van der Waals surface area contributed by atoms with Crippen LogP contribution in [0.15, 0.2) is 70.1 Å². The molecular weight excluding hydrogens is 485 g/mol. The van der Waals surface area contributed by atoms with Gasteiger partial charge in [0.1, 0.15) is 29.3 Å². The van der Waals surface area contributed by atoms with Crippen molar-refractivity contribution in [2.24, 2.45) is 0 Å². The first-order valence-corrected chi connectivity index (χ1v) is 12.6. The Balaban J connectivity index is 1.40. The molecule has 38 heavy (non-hydrogen) atoms. The summed E-state index contributed by atoms with van der Waals surface area (Å²) in [5, 5.41) is 12.3. The molecule has 3 heterocycles. The summed E-state index contributed by atoms with van der Waals surface area (Å²) >= 11 is 0. The number of benzene rings is 2. The highest BCUT2D eigenvalue weighted by Gasteiger charge is 2.30. The van der Waals surface area contributed by atoms with Crippen LogP contribution in [0.2, 0.25) is 0 Å². The minimum atomic E-state index is -0.541. The smallest absolute Gasteiger partial charge is 0.266 e. The second kappa shape index (κ2) is 9.70. The molecule has 1 atom stereocenters. The molecule has 10 heteroatoms. The molecule has 1 aliphatic carbocycles. The van der Waals surface area contributed by atoms with E-state index >= 15 is 0 Å². The zero-order valence-corrected chi connectivity index (χ0v) is 20.8. The number of nitrogens with one attached hydrogen (secondary N) is 1. The molecule has 3 aromatic heterocycles. The summed E-state index contributed by atoms with van der Waals surface area (Å²) in [6.45, 7) is 2.45. The quantitative estimate of drug-likeness (QED) is 0.297. The lowest BCUT2D eigenvalue weighted by atomic mass is 9.98. The highest BCUT2D eigenvalue weighted by Crippen LogP contribution is 2.41. The minimum Gasteiger partial charge on any atom is -0.420 e. The van der Waals surface area contributed by atoms with Gasteiger partial charge in [-0.15, -0.1) is 10.2 Å². The van der Waals surface area contributed by atoms with Gasteiger partial charge in [-0.2, -0.15) is 0 Å². The monoisotopic (exact) mass is 511 g/mol. The first-order valence-electron chi connectivity index (χ1n) is 12.6. The molecule has 1 fully saturated rings. The van der Waals surface area contributed by atoms with Crippen LogP contribution in [0, 0.1) is 5.82 Å². The number of rotatable bonds is 8. The van der Waals surface area contributed by atoms with Gasteiger partial charge in [0.15, 0.2) is 0 Å². The van der Waals surface area contributed by atoms with E-state index in [1.807, 2.05) is 43.3 Å². The second-order valence-corrected chi connectivity index (χ2v) is 9.44. The number of nitrogen functional groups attached to an aromatic ring is 1. The van der Waals surface area contributed by atoms with Crippen LogP contribution in [0.3, 0.4) is 0 Å². The predicted octanol–water partition coefficient (Wildman–Crippen LogP) is 5.04. The van der Waals surface area contributed by atoms with Crippen LogP contribution in [0.5, 0.6) is 0 Å². The highest BCUT2D eigenvalue weighted by atomic mass is 19.1. The third-order valence-electron chi connectivity index (χ3n) is 6.92. The molecule has 1 aliphatic rings. The van der Waals surface area contributed by atoms with Gasteiger partial charge >= 0.3 is 0 Å². The summed E-state index contributed by atoms with van der Waals surface area (Å²) in [5.74, 6) is 1.17. The average Bonchev–Trinajstić information content (AvgIpc) is 3.66. The fourth-order valence-electron chi connectivity index (χ4n) is 4.74. The lowest BCUT2D eigenvalue weighted by Gasteiger charge is -2.23. The van der Waals surface area contributed by atoms with Crippen molar-refractivity contribution >= 4 is 22.4 Å². The lowest BCUT2D eigenvalue weighted by Crippen LogP contribution is -2.27. The topological polar surface area (TPSA) is 125 Å². The van der Waals surface area contributed by atoms with Crippen LogP contribution in [0.1, 0.15) is 49.6 Å². The van der Waals surface area contributed by atoms with E-state index in [-0.39, 0.29) is 23.0 Å². The van der Waals surface area contributed by atoms with E-state index in [4.69, 9.17) is 10.2 Å². The van der Waals surface area contributed by atoms with Crippen LogP contribution in [0.25, 0.3) is 27.9 Å². The minimum absolute atomic E-state index is 0.0663. The maximum absolute atomic E-state index is 14.8. The molecule has 0 bridgehead atoms. The van der Waals surface area contributed by atoms with Crippen molar-refractivity contribution in [1.82, 2.24) is 24.7 Å². The van der Waals surface area contributed by atoms with E-state index in [2.05, 4.69) is 25.5 Å². The Hall–Kier alpha value is -4.60. The number of anilines is 2. The Labute approximate surface area is 217 Å². The SMILES string of the molecule is CCC(CNc1ncnc(N)c1-c1nnc(C2CC2)o1)c1cc2cccc(F)c2c(=O)n1-c1ccccc1. The molecule has 192 valence electrons. The van der Waals surface area contributed by atoms with Gasteiger partial charge in [-0.25, -0.2) is 14.4 Å². The van der Waals surface area contributed by atoms with Crippen molar-refractivity contribution in [1.29, 1.82) is 0 Å². The summed E-state index contributed by atoms with van der Waals surface area (Å²) in [6, 6.07) is 15.8. The first-order chi connectivity index (χ1) is 18.5. The largest absolute Gasteiger partial charge is 0.420 e. The number of hydrogen-bond donors (Lipinski definition) is 2. The summed E-state index contributed by atoms with van der Waals surface area (Å²) in [5.41, 5.74) is 7.67. The van der Waals surface area contributed by atoms with Crippen LogP contribution < -0.4 is 16.6 Å². The molecule has 3 N–H and O–H groups in total. The Bertz CT molecular complexity index is 1680. The van der Waals surface area contributed by atoms with E-state index in [0.717, 1.165) is 18.5 Å². The molecule has 0 aliphatic heterocycles. The van der Waals surface area contributed by atoms with Gasteiger partial charge in [0, 0.05) is 29.8 Å². The van der Waals surface area contributed by atoms with Crippen molar-refractivity contribution in [2.45, 2.75) is 38.0 Å². The highest BCUT2D eigenvalue weighted by molar-refractivity contribution is 5.83. The molecule has 0 saturated heterocycles. The number of halogens is 1. The molecule has 9 nitrogen and oxygen atoms in total. The molecule has 6 rings (SSSR count). The van der Waals surface area contributed by atoms with E-state index < -0.39 is 11.4 Å². The number of aromatic nitrogens is 5. The fourth-order valence-corrected chi connectivity index (χ4v) is 4.74. The van der Waals surface area contributed by atoms with Crippen molar-refractivity contribution < 1.29 is 8.81 Å². The standard InChI is InChI=1S/C28H26FN7O2/c1-2-16(14-31-25-23(24(30)32-15-33-25)27-35-34-26(38-27)17-11-12-17)21-13-18-7-6-10-20(29)22(18)28(37)36(21)19-8-4-3-5-9-19/h3-10,13,15-17H,2,11-12,14H2,1H3,(H3,30,31,32,33). The van der Waals surface area contributed by atoms with Gasteiger partial charge in [-0.3, -0.25) is 9.36 Å². The van der Waals surface area contributed by atoms with Gasteiger partial charge in [0.05, 0.1) is 5.39 Å². The van der Waals surface area contributed by atoms with Gasteiger partial charge in [-0.1, -0.05) is 37.3 Å². The van der Waals surface area contributed by atoms with Crippen LogP contribution >= 0.6 is 0 Å². The van der Waals surface area contributed by atoms with E-state index in [1.54, 1.807) is 16.7 Å². The van der Waals surface area contributed by atoms with Crippen molar-refractivity contribution in [2.75, 3.05) is 17.6 Å². The number of pyridine rings is 1.